The Kier molecular flexibility index (Phi) is 2.02. The molecule has 0 fully saturated rings. The molecule has 1 aliphatic carbocycles. The predicted octanol–water partition coefficient (Wildman–Crippen LogP) is 1.67. The van der Waals surface area contributed by atoms with E-state index in [9.17, 15) is 0 Å². The van der Waals surface area contributed by atoms with E-state index in [0.717, 1.165) is 5.71 Å². The van der Waals surface area contributed by atoms with E-state index in [1.54, 1.807) is 0 Å². The maximum Gasteiger partial charge on any atom is 0.216 e. The highest BCUT2D eigenvalue weighted by atomic mass is 15.1. The third-order valence-electron chi connectivity index (χ3n) is 2.69. The quantitative estimate of drug-likeness (QED) is 0.670. The largest absolute Gasteiger partial charge is 0.368 e. The molecule has 1 unspecified atom stereocenters. The molecule has 0 spiro atoms. The van der Waals surface area contributed by atoms with Gasteiger partial charge in [0.15, 0.2) is 0 Å². The summed E-state index contributed by atoms with van der Waals surface area (Å²) < 4.78 is 0. The van der Waals surface area contributed by atoms with Crippen LogP contribution in [0.25, 0.3) is 0 Å². The first kappa shape index (κ1) is 9.19. The number of allylic oxidation sites excluding steroid dienone is 2. The van der Waals surface area contributed by atoms with Crippen LogP contribution < -0.4 is 5.73 Å². The molecule has 0 saturated heterocycles. The van der Waals surface area contributed by atoms with Gasteiger partial charge in [-0.25, -0.2) is 9.98 Å². The Morgan fingerprint density at radius 1 is 1.36 bits per heavy atom. The van der Waals surface area contributed by atoms with Crippen molar-refractivity contribution in [3.8, 4) is 0 Å². The zero-order valence-corrected chi connectivity index (χ0v) is 8.78. The topological polar surface area (TPSA) is 50.7 Å². The first-order valence-electron chi connectivity index (χ1n) is 4.90. The Morgan fingerprint density at radius 2 is 2.07 bits per heavy atom. The molecule has 0 amide bonds. The zero-order valence-electron chi connectivity index (χ0n) is 8.78. The van der Waals surface area contributed by atoms with Crippen molar-refractivity contribution in [1.29, 1.82) is 0 Å². The fourth-order valence-electron chi connectivity index (χ4n) is 1.92. The number of nitrogens with two attached hydrogens (primary N) is 1. The Morgan fingerprint density at radius 3 is 2.71 bits per heavy atom. The molecule has 0 saturated carbocycles. The molecular formula is C11H15N3. The van der Waals surface area contributed by atoms with E-state index in [0.29, 0.717) is 11.9 Å². The summed E-state index contributed by atoms with van der Waals surface area (Å²) in [5, 5.41) is 0. The molecule has 0 bridgehead atoms. The second-order valence-corrected chi connectivity index (χ2v) is 4.03. The zero-order chi connectivity index (χ0) is 10.3. The second-order valence-electron chi connectivity index (χ2n) is 4.03. The minimum absolute atomic E-state index is 0.132. The highest BCUT2D eigenvalue weighted by molar-refractivity contribution is 6.09. The van der Waals surface area contributed by atoms with Gasteiger partial charge in [0, 0.05) is 11.3 Å². The lowest BCUT2D eigenvalue weighted by Crippen LogP contribution is -2.27. The summed E-state index contributed by atoms with van der Waals surface area (Å²) in [6.45, 7) is 6.34. The molecule has 0 aromatic carbocycles. The van der Waals surface area contributed by atoms with Gasteiger partial charge >= 0.3 is 0 Å². The van der Waals surface area contributed by atoms with Gasteiger partial charge in [-0.2, -0.15) is 0 Å². The summed E-state index contributed by atoms with van der Waals surface area (Å²) in [6, 6.07) is 0.132. The number of aliphatic imine (C=N–C) groups is 2. The van der Waals surface area contributed by atoms with Crippen molar-refractivity contribution in [3.05, 3.63) is 23.3 Å². The molecule has 1 aliphatic heterocycles. The van der Waals surface area contributed by atoms with Crippen LogP contribution >= 0.6 is 0 Å². The number of fused-ring (bicyclic) bond motifs is 1. The number of rotatable bonds is 1. The van der Waals surface area contributed by atoms with Crippen LogP contribution in [0.4, 0.5) is 0 Å². The molecule has 0 aromatic heterocycles. The summed E-state index contributed by atoms with van der Waals surface area (Å²) in [5.41, 5.74) is 9.17. The molecule has 2 aliphatic rings. The molecule has 0 aromatic rings. The third kappa shape index (κ3) is 1.29. The van der Waals surface area contributed by atoms with Gasteiger partial charge in [-0.05, 0) is 18.4 Å². The van der Waals surface area contributed by atoms with Gasteiger partial charge in [-0.15, -0.1) is 0 Å². The van der Waals surface area contributed by atoms with Crippen LogP contribution in [0.1, 0.15) is 20.8 Å². The normalized spacial score (nSPS) is 25.3. The van der Waals surface area contributed by atoms with E-state index < -0.39 is 0 Å². The molecule has 2 N–H and O–H groups in total. The third-order valence-corrected chi connectivity index (χ3v) is 2.69. The van der Waals surface area contributed by atoms with Crippen molar-refractivity contribution in [2.24, 2.45) is 21.6 Å². The van der Waals surface area contributed by atoms with Crippen LogP contribution in [0.15, 0.2) is 33.3 Å². The fraction of sp³-hybridized carbons (Fsp3) is 0.455. The minimum Gasteiger partial charge on any atom is -0.368 e. The Balaban J connectivity index is 2.36. The van der Waals surface area contributed by atoms with Gasteiger partial charge in [0.25, 0.3) is 0 Å². The molecule has 74 valence electrons. The summed E-state index contributed by atoms with van der Waals surface area (Å²) in [4.78, 5) is 8.53. The van der Waals surface area contributed by atoms with Gasteiger partial charge in [-0.3, -0.25) is 0 Å². The molecule has 1 heterocycles. The molecule has 1 atom stereocenters. The van der Waals surface area contributed by atoms with E-state index >= 15 is 0 Å². The average molecular weight is 189 g/mol. The van der Waals surface area contributed by atoms with E-state index in [2.05, 4.69) is 36.0 Å². The molecular weight excluding hydrogens is 174 g/mol. The van der Waals surface area contributed by atoms with Gasteiger partial charge in [-0.1, -0.05) is 26.0 Å². The lowest BCUT2D eigenvalue weighted by atomic mass is 9.93. The van der Waals surface area contributed by atoms with Gasteiger partial charge in [0.05, 0.1) is 0 Å². The van der Waals surface area contributed by atoms with Crippen LogP contribution in [-0.2, 0) is 0 Å². The Hall–Kier alpha value is -1.38. The molecule has 0 radical (unpaired) electrons. The van der Waals surface area contributed by atoms with Gasteiger partial charge in [0.1, 0.15) is 6.04 Å². The monoisotopic (exact) mass is 189 g/mol. The van der Waals surface area contributed by atoms with Gasteiger partial charge in [0.2, 0.25) is 5.96 Å². The van der Waals surface area contributed by atoms with Gasteiger partial charge < -0.3 is 5.73 Å². The lowest BCUT2D eigenvalue weighted by Gasteiger charge is -2.21. The smallest absolute Gasteiger partial charge is 0.216 e. The number of hydrogen-bond donors (Lipinski definition) is 1. The summed E-state index contributed by atoms with van der Waals surface area (Å²) in [5.74, 6) is 0.911. The second kappa shape index (κ2) is 3.08. The number of guanidine groups is 1. The van der Waals surface area contributed by atoms with E-state index in [4.69, 9.17) is 5.73 Å². The number of nitrogens with zero attached hydrogens (tertiary/aromatic N) is 2. The fourth-order valence-corrected chi connectivity index (χ4v) is 1.92. The van der Waals surface area contributed by atoms with Crippen LogP contribution in [-0.4, -0.2) is 17.7 Å². The standard InChI is InChI=1S/C11H15N3/c1-6(2)8-4-5-9-7(3)13-11(12)14-10(8)9/h4-6,10H,1-3H3,(H2,12,14). The Bertz CT molecular complexity index is 383. The summed E-state index contributed by atoms with van der Waals surface area (Å²) in [7, 11) is 0. The van der Waals surface area contributed by atoms with Crippen molar-refractivity contribution < 1.29 is 0 Å². The van der Waals surface area contributed by atoms with Crippen LogP contribution in [0.2, 0.25) is 0 Å². The van der Waals surface area contributed by atoms with Crippen molar-refractivity contribution >= 4 is 11.7 Å². The van der Waals surface area contributed by atoms with Crippen LogP contribution in [0.3, 0.4) is 0 Å². The average Bonchev–Trinajstić information content (AvgIpc) is 2.47. The molecule has 3 heteroatoms. The highest BCUT2D eigenvalue weighted by Gasteiger charge is 2.28. The Labute approximate surface area is 84.1 Å². The van der Waals surface area contributed by atoms with Crippen molar-refractivity contribution in [2.75, 3.05) is 0 Å². The maximum absolute atomic E-state index is 5.65. The van der Waals surface area contributed by atoms with Crippen molar-refractivity contribution in [2.45, 2.75) is 26.8 Å². The minimum atomic E-state index is 0.132. The van der Waals surface area contributed by atoms with Crippen LogP contribution in [0, 0.1) is 5.92 Å². The number of hydrogen-bond acceptors (Lipinski definition) is 3. The first-order chi connectivity index (χ1) is 6.59. The first-order valence-corrected chi connectivity index (χ1v) is 4.90. The van der Waals surface area contributed by atoms with E-state index in [1.807, 2.05) is 6.92 Å². The van der Waals surface area contributed by atoms with E-state index in [-0.39, 0.29) is 6.04 Å². The lowest BCUT2D eigenvalue weighted by molar-refractivity contribution is 0.703. The predicted molar refractivity (Wildman–Crippen MR) is 59.5 cm³/mol. The van der Waals surface area contributed by atoms with Crippen LogP contribution in [0.5, 0.6) is 0 Å². The molecule has 14 heavy (non-hydrogen) atoms. The molecule has 3 nitrogen and oxygen atoms in total. The maximum atomic E-state index is 5.65. The molecule has 2 rings (SSSR count). The summed E-state index contributed by atoms with van der Waals surface area (Å²) >= 11 is 0. The van der Waals surface area contributed by atoms with E-state index in [1.165, 1.54) is 11.1 Å². The SMILES string of the molecule is CC1=NC(N)=NC2C1=CC=C2C(C)C. The summed E-state index contributed by atoms with van der Waals surface area (Å²) in [6.07, 6.45) is 4.25. The van der Waals surface area contributed by atoms with Crippen molar-refractivity contribution in [1.82, 2.24) is 0 Å². The van der Waals surface area contributed by atoms with Crippen molar-refractivity contribution in [3.63, 3.8) is 0 Å². The highest BCUT2D eigenvalue weighted by Crippen LogP contribution is 2.31.